The van der Waals surface area contributed by atoms with Crippen LogP contribution in [0.15, 0.2) is 101 Å². The van der Waals surface area contributed by atoms with Crippen molar-refractivity contribution in [3.63, 3.8) is 0 Å². The first-order valence-electron chi connectivity index (χ1n) is 8.78. The first-order valence-corrected chi connectivity index (χ1v) is 12.5. The van der Waals surface area contributed by atoms with Crippen LogP contribution in [0.3, 0.4) is 0 Å². The van der Waals surface area contributed by atoms with E-state index in [1.165, 1.54) is 0 Å². The summed E-state index contributed by atoms with van der Waals surface area (Å²) in [6.07, 6.45) is 0. The van der Waals surface area contributed by atoms with Gasteiger partial charge in [0.15, 0.2) is 11.8 Å². The summed E-state index contributed by atoms with van der Waals surface area (Å²) in [6.45, 7) is 0. The summed E-state index contributed by atoms with van der Waals surface area (Å²) in [7, 11) is -2.74. The molecule has 1 N–H and O–H groups in total. The van der Waals surface area contributed by atoms with E-state index in [0.29, 0.717) is 5.44 Å². The maximum absolute atomic E-state index is 12.7. The summed E-state index contributed by atoms with van der Waals surface area (Å²) in [6, 6.07) is 29.2. The van der Waals surface area contributed by atoms with Gasteiger partial charge in [0.1, 0.15) is 15.9 Å². The Balaban J connectivity index is 0.00000341. The molecule has 2 nitrogen and oxygen atoms in total. The van der Waals surface area contributed by atoms with Crippen LogP contribution in [0.4, 0.5) is 0 Å². The number of carbonyl (C=O) groups is 1. The minimum absolute atomic E-state index is 0. The lowest BCUT2D eigenvalue weighted by Crippen LogP contribution is -3.00. The first-order chi connectivity index (χ1) is 14.3. The van der Waals surface area contributed by atoms with Gasteiger partial charge in [0.25, 0.3) is 9.70 Å². The second kappa shape index (κ2) is 11.3. The van der Waals surface area contributed by atoms with Crippen molar-refractivity contribution in [2.75, 3.05) is 0 Å². The van der Waals surface area contributed by atoms with Crippen molar-refractivity contribution in [3.8, 4) is 0 Å². The molecule has 0 aromatic heterocycles. The van der Waals surface area contributed by atoms with E-state index >= 15 is 0 Å². The highest BCUT2D eigenvalue weighted by Gasteiger charge is 2.53. The predicted octanol–water partition coefficient (Wildman–Crippen LogP) is 3.08. The summed E-state index contributed by atoms with van der Waals surface area (Å²) >= 11 is 30.3. The van der Waals surface area contributed by atoms with Gasteiger partial charge < -0.3 is 12.4 Å². The molecule has 0 fully saturated rings. The maximum Gasteiger partial charge on any atom is 0.279 e. The van der Waals surface area contributed by atoms with Crippen LogP contribution >= 0.6 is 65.3 Å². The molecule has 0 spiro atoms. The zero-order chi connectivity index (χ0) is 21.8. The highest BCUT2D eigenvalue weighted by molar-refractivity contribution is 7.99. The maximum atomic E-state index is 12.7. The van der Waals surface area contributed by atoms with Crippen LogP contribution < -0.4 is 33.6 Å². The molecule has 0 aliphatic heterocycles. The third kappa shape index (κ3) is 5.70. The summed E-state index contributed by atoms with van der Waals surface area (Å²) in [5.41, 5.74) is 0.297. The standard InChI is InChI=1S/C22H15Cl5NOP.ClH/c23-19(24)20(28-21(29)22(25,26)27)30(16-10-4-1-5-11-16,17-12-6-2-7-13-17)18-14-8-3-9-15-18;/h1-15H;1H. The van der Waals surface area contributed by atoms with Gasteiger partial charge >= 0.3 is 0 Å². The Labute approximate surface area is 213 Å². The van der Waals surface area contributed by atoms with Crippen molar-refractivity contribution in [2.45, 2.75) is 3.79 Å². The lowest BCUT2D eigenvalue weighted by atomic mass is 10.4. The van der Waals surface area contributed by atoms with Gasteiger partial charge in [-0.15, -0.1) is 0 Å². The van der Waals surface area contributed by atoms with E-state index < -0.39 is 17.0 Å². The van der Waals surface area contributed by atoms with E-state index in [1.807, 2.05) is 91.0 Å². The minimum Gasteiger partial charge on any atom is -1.00 e. The molecule has 0 saturated carbocycles. The molecule has 0 aliphatic carbocycles. The highest BCUT2D eigenvalue weighted by Crippen LogP contribution is 2.63. The summed E-state index contributed by atoms with van der Waals surface area (Å²) in [5, 5.41) is 5.52. The molecule has 31 heavy (non-hydrogen) atoms. The fraction of sp³-hybridized carbons (Fsp3) is 0.0455. The predicted molar refractivity (Wildman–Crippen MR) is 132 cm³/mol. The van der Waals surface area contributed by atoms with E-state index in [0.717, 1.165) is 15.9 Å². The molecule has 0 saturated heterocycles. The highest BCUT2D eigenvalue weighted by atomic mass is 35.6. The zero-order valence-corrected chi connectivity index (χ0v) is 21.2. The van der Waals surface area contributed by atoms with Crippen molar-refractivity contribution in [1.82, 2.24) is 5.32 Å². The third-order valence-electron chi connectivity index (χ3n) is 4.43. The number of halogens is 6. The number of hydrogen-bond donors (Lipinski definition) is 1. The number of carbonyl (C=O) groups excluding carboxylic acids is 1. The Hall–Kier alpha value is -0.960. The molecule has 1 amide bonds. The number of rotatable bonds is 5. The summed E-state index contributed by atoms with van der Waals surface area (Å²) in [5.74, 6) is -0.839. The number of alkyl halides is 3. The number of benzene rings is 3. The van der Waals surface area contributed by atoms with E-state index in [9.17, 15) is 4.79 Å². The van der Waals surface area contributed by atoms with Crippen LogP contribution in [-0.2, 0) is 4.79 Å². The van der Waals surface area contributed by atoms with Crippen LogP contribution in [0, 0.1) is 0 Å². The van der Waals surface area contributed by atoms with Crippen molar-refractivity contribution in [2.24, 2.45) is 0 Å². The molecule has 3 rings (SSSR count). The quantitative estimate of drug-likeness (QED) is 0.382. The van der Waals surface area contributed by atoms with Gasteiger partial charge in [0, 0.05) is 0 Å². The fourth-order valence-electron chi connectivity index (χ4n) is 3.23. The molecule has 0 aliphatic rings. The number of hydrogen-bond acceptors (Lipinski definition) is 1. The van der Waals surface area contributed by atoms with Crippen LogP contribution in [-0.4, -0.2) is 9.70 Å². The van der Waals surface area contributed by atoms with Crippen LogP contribution in [0.1, 0.15) is 0 Å². The van der Waals surface area contributed by atoms with Gasteiger partial charge in [-0.05, 0) is 36.4 Å². The van der Waals surface area contributed by atoms with Gasteiger partial charge in [-0.2, -0.15) is 0 Å². The molecule has 9 heteroatoms. The number of amides is 1. The van der Waals surface area contributed by atoms with E-state index in [1.54, 1.807) is 0 Å². The Morgan fingerprint density at radius 2 is 1.00 bits per heavy atom. The van der Waals surface area contributed by atoms with E-state index in [4.69, 9.17) is 58.0 Å². The molecule has 0 bridgehead atoms. The van der Waals surface area contributed by atoms with Gasteiger partial charge in [-0.3, -0.25) is 10.1 Å². The molecule has 0 heterocycles. The van der Waals surface area contributed by atoms with Gasteiger partial charge in [-0.1, -0.05) is 113 Å². The molecular weight excluding hydrogens is 538 g/mol. The lowest BCUT2D eigenvalue weighted by molar-refractivity contribution is -0.119. The smallest absolute Gasteiger partial charge is 0.279 e. The lowest BCUT2D eigenvalue weighted by Gasteiger charge is -2.30. The van der Waals surface area contributed by atoms with Crippen molar-refractivity contribution >= 4 is 87.1 Å². The van der Waals surface area contributed by atoms with Gasteiger partial charge in [-0.25, -0.2) is 0 Å². The summed E-state index contributed by atoms with van der Waals surface area (Å²) in [4.78, 5) is 12.7. The normalized spacial score (nSPS) is 11.3. The molecular formula is C22H16Cl6NOP. The van der Waals surface area contributed by atoms with Crippen molar-refractivity contribution < 1.29 is 17.2 Å². The van der Waals surface area contributed by atoms with Crippen molar-refractivity contribution in [3.05, 3.63) is 101 Å². The second-order valence-electron chi connectivity index (χ2n) is 6.24. The second-order valence-corrected chi connectivity index (χ2v) is 12.8. The largest absolute Gasteiger partial charge is 1.00 e. The molecule has 0 radical (unpaired) electrons. The summed E-state index contributed by atoms with van der Waals surface area (Å²) < 4.78 is -2.30. The third-order valence-corrected chi connectivity index (χ3v) is 9.82. The Morgan fingerprint density at radius 1 is 0.677 bits per heavy atom. The number of nitrogens with one attached hydrogen (secondary N) is 1. The average Bonchev–Trinajstić information content (AvgIpc) is 2.75. The van der Waals surface area contributed by atoms with Gasteiger partial charge in [0.2, 0.25) is 5.44 Å². The van der Waals surface area contributed by atoms with Crippen LogP contribution in [0.2, 0.25) is 0 Å². The van der Waals surface area contributed by atoms with Crippen LogP contribution in [0.5, 0.6) is 0 Å². The van der Waals surface area contributed by atoms with E-state index in [-0.39, 0.29) is 16.9 Å². The van der Waals surface area contributed by atoms with Gasteiger partial charge in [0.05, 0.1) is 0 Å². The van der Waals surface area contributed by atoms with E-state index in [2.05, 4.69) is 5.32 Å². The Bertz CT molecular complexity index is 939. The molecule has 3 aromatic rings. The molecule has 162 valence electrons. The molecule has 0 atom stereocenters. The zero-order valence-electron chi connectivity index (χ0n) is 15.8. The topological polar surface area (TPSA) is 29.1 Å². The Kier molecular flexibility index (Phi) is 9.55. The minimum atomic E-state index is -2.74. The van der Waals surface area contributed by atoms with Crippen molar-refractivity contribution in [1.29, 1.82) is 0 Å². The monoisotopic (exact) mass is 551 g/mol. The molecule has 3 aromatic carbocycles. The van der Waals surface area contributed by atoms with Crippen LogP contribution in [0.25, 0.3) is 0 Å². The fourth-order valence-corrected chi connectivity index (χ4v) is 8.27. The molecule has 0 unspecified atom stereocenters. The first kappa shape index (κ1) is 26.3. The Morgan fingerprint density at radius 3 is 1.26 bits per heavy atom. The SMILES string of the molecule is O=C(NC(=C(Cl)Cl)[P+](c1ccccc1)(c1ccccc1)c1ccccc1)C(Cl)(Cl)Cl.[Cl-]. The average molecular weight is 554 g/mol.